The molecular formula is C16H31NO. The van der Waals surface area contributed by atoms with E-state index in [2.05, 4.69) is 26.1 Å². The first-order valence-corrected chi connectivity index (χ1v) is 7.81. The van der Waals surface area contributed by atoms with Crippen molar-refractivity contribution in [3.63, 3.8) is 0 Å². The summed E-state index contributed by atoms with van der Waals surface area (Å²) in [6.45, 7) is 8.19. The van der Waals surface area contributed by atoms with Crippen LogP contribution in [0.1, 0.15) is 65.7 Å². The van der Waals surface area contributed by atoms with E-state index < -0.39 is 0 Å². The van der Waals surface area contributed by atoms with Crippen molar-refractivity contribution in [3.8, 4) is 0 Å². The van der Waals surface area contributed by atoms with Crippen LogP contribution in [0.3, 0.4) is 0 Å². The molecule has 2 saturated carbocycles. The van der Waals surface area contributed by atoms with Gasteiger partial charge in [-0.25, -0.2) is 0 Å². The minimum absolute atomic E-state index is 0.117. The van der Waals surface area contributed by atoms with Crippen LogP contribution < -0.4 is 5.32 Å². The molecular weight excluding hydrogens is 222 g/mol. The summed E-state index contributed by atoms with van der Waals surface area (Å²) in [6.07, 6.45) is 9.08. The fourth-order valence-corrected chi connectivity index (χ4v) is 3.50. The van der Waals surface area contributed by atoms with Gasteiger partial charge in [0.2, 0.25) is 0 Å². The van der Waals surface area contributed by atoms with Crippen LogP contribution >= 0.6 is 0 Å². The van der Waals surface area contributed by atoms with Crippen molar-refractivity contribution in [1.29, 1.82) is 0 Å². The molecule has 0 aromatic rings. The molecule has 2 aliphatic carbocycles. The Bertz CT molecular complexity index is 260. The fraction of sp³-hybridized carbons (Fsp3) is 1.00. The van der Waals surface area contributed by atoms with Crippen molar-refractivity contribution >= 4 is 0 Å². The molecule has 0 saturated heterocycles. The van der Waals surface area contributed by atoms with E-state index in [1.165, 1.54) is 44.9 Å². The van der Waals surface area contributed by atoms with Crippen LogP contribution in [0.5, 0.6) is 0 Å². The molecule has 1 atom stereocenters. The Morgan fingerprint density at radius 2 is 1.78 bits per heavy atom. The largest absolute Gasteiger partial charge is 0.377 e. The van der Waals surface area contributed by atoms with Crippen molar-refractivity contribution < 1.29 is 4.74 Å². The van der Waals surface area contributed by atoms with Gasteiger partial charge < -0.3 is 10.1 Å². The van der Waals surface area contributed by atoms with E-state index in [1.807, 2.05) is 7.11 Å². The summed E-state index contributed by atoms with van der Waals surface area (Å²) in [6, 6.07) is 0.596. The van der Waals surface area contributed by atoms with E-state index in [4.69, 9.17) is 4.74 Å². The van der Waals surface area contributed by atoms with Gasteiger partial charge in [0.15, 0.2) is 0 Å². The summed E-state index contributed by atoms with van der Waals surface area (Å²) in [5, 5.41) is 3.80. The van der Waals surface area contributed by atoms with Gasteiger partial charge >= 0.3 is 0 Å². The van der Waals surface area contributed by atoms with Gasteiger partial charge in [0.25, 0.3) is 0 Å². The van der Waals surface area contributed by atoms with Gasteiger partial charge in [-0.3, -0.25) is 0 Å². The highest BCUT2D eigenvalue weighted by molar-refractivity contribution is 5.04. The Hall–Kier alpha value is -0.0800. The highest BCUT2D eigenvalue weighted by Gasteiger charge is 2.49. The molecule has 0 bridgehead atoms. The summed E-state index contributed by atoms with van der Waals surface area (Å²) in [4.78, 5) is 0. The lowest BCUT2D eigenvalue weighted by Gasteiger charge is -2.47. The Kier molecular flexibility index (Phi) is 4.38. The number of rotatable bonds is 6. The van der Waals surface area contributed by atoms with Gasteiger partial charge in [0, 0.05) is 13.2 Å². The number of hydrogen-bond acceptors (Lipinski definition) is 2. The fourth-order valence-electron chi connectivity index (χ4n) is 3.50. The minimum Gasteiger partial charge on any atom is -0.377 e. The maximum absolute atomic E-state index is 6.07. The van der Waals surface area contributed by atoms with Crippen LogP contribution in [0.25, 0.3) is 0 Å². The molecule has 0 radical (unpaired) electrons. The van der Waals surface area contributed by atoms with Gasteiger partial charge in [-0.05, 0) is 62.8 Å². The van der Waals surface area contributed by atoms with Gasteiger partial charge in [-0.15, -0.1) is 0 Å². The van der Waals surface area contributed by atoms with Crippen LogP contribution in [-0.4, -0.2) is 25.3 Å². The van der Waals surface area contributed by atoms with Crippen molar-refractivity contribution in [1.82, 2.24) is 5.32 Å². The van der Waals surface area contributed by atoms with Crippen molar-refractivity contribution in [3.05, 3.63) is 0 Å². The minimum atomic E-state index is 0.117. The third-order valence-corrected chi connectivity index (χ3v) is 5.13. The van der Waals surface area contributed by atoms with Crippen LogP contribution in [0.2, 0.25) is 0 Å². The quantitative estimate of drug-likeness (QED) is 0.778. The third-order valence-electron chi connectivity index (χ3n) is 5.13. The van der Waals surface area contributed by atoms with E-state index in [-0.39, 0.29) is 5.60 Å². The standard InChI is InChI=1S/C16H31NO/c1-5-12-17-14(13-6-7-13)16(18-4)10-8-15(2,3)9-11-16/h13-14,17H,5-12H2,1-4H3. The zero-order chi connectivity index (χ0) is 13.2. The molecule has 0 spiro atoms. The Morgan fingerprint density at radius 3 is 2.22 bits per heavy atom. The second kappa shape index (κ2) is 5.50. The molecule has 0 aromatic carbocycles. The molecule has 2 nitrogen and oxygen atoms in total. The zero-order valence-corrected chi connectivity index (χ0v) is 12.7. The molecule has 106 valence electrons. The second-order valence-corrected chi connectivity index (χ2v) is 7.20. The summed E-state index contributed by atoms with van der Waals surface area (Å²) in [5.41, 5.74) is 0.632. The Labute approximate surface area is 113 Å². The highest BCUT2D eigenvalue weighted by atomic mass is 16.5. The van der Waals surface area contributed by atoms with Crippen molar-refractivity contribution in [2.75, 3.05) is 13.7 Å². The second-order valence-electron chi connectivity index (χ2n) is 7.20. The smallest absolute Gasteiger partial charge is 0.0834 e. The highest BCUT2D eigenvalue weighted by Crippen LogP contribution is 2.48. The lowest BCUT2D eigenvalue weighted by atomic mass is 9.67. The maximum Gasteiger partial charge on any atom is 0.0834 e. The number of hydrogen-bond donors (Lipinski definition) is 1. The number of methoxy groups -OCH3 is 1. The van der Waals surface area contributed by atoms with Crippen LogP contribution in [0, 0.1) is 11.3 Å². The Balaban J connectivity index is 2.04. The van der Waals surface area contributed by atoms with E-state index >= 15 is 0 Å². The van der Waals surface area contributed by atoms with Crippen molar-refractivity contribution in [2.24, 2.45) is 11.3 Å². The molecule has 2 heteroatoms. The van der Waals surface area contributed by atoms with Crippen molar-refractivity contribution in [2.45, 2.75) is 77.4 Å². The van der Waals surface area contributed by atoms with Gasteiger partial charge in [0.05, 0.1) is 5.60 Å². The van der Waals surface area contributed by atoms with E-state index in [1.54, 1.807) is 0 Å². The third kappa shape index (κ3) is 3.08. The predicted octanol–water partition coefficient (Wildman–Crippen LogP) is 3.75. The van der Waals surface area contributed by atoms with Crippen LogP contribution in [0.4, 0.5) is 0 Å². The van der Waals surface area contributed by atoms with E-state index in [0.717, 1.165) is 12.5 Å². The van der Waals surface area contributed by atoms with Gasteiger partial charge in [-0.2, -0.15) is 0 Å². The average molecular weight is 253 g/mol. The molecule has 1 unspecified atom stereocenters. The summed E-state index contributed by atoms with van der Waals surface area (Å²) in [7, 11) is 1.93. The van der Waals surface area contributed by atoms with Gasteiger partial charge in [0.1, 0.15) is 0 Å². The lowest BCUT2D eigenvalue weighted by Crippen LogP contribution is -2.56. The summed E-state index contributed by atoms with van der Waals surface area (Å²) in [5.74, 6) is 0.873. The number of ether oxygens (including phenoxy) is 1. The summed E-state index contributed by atoms with van der Waals surface area (Å²) >= 11 is 0. The topological polar surface area (TPSA) is 21.3 Å². The zero-order valence-electron chi connectivity index (χ0n) is 12.7. The first kappa shape index (κ1) is 14.3. The van der Waals surface area contributed by atoms with Crippen LogP contribution in [-0.2, 0) is 4.74 Å². The first-order chi connectivity index (χ1) is 8.53. The Morgan fingerprint density at radius 1 is 1.17 bits per heavy atom. The summed E-state index contributed by atoms with van der Waals surface area (Å²) < 4.78 is 6.07. The molecule has 0 heterocycles. The lowest BCUT2D eigenvalue weighted by molar-refractivity contribution is -0.0909. The molecule has 1 N–H and O–H groups in total. The average Bonchev–Trinajstić information content (AvgIpc) is 3.16. The molecule has 2 aliphatic rings. The SMILES string of the molecule is CCCNC(C1CC1)C1(OC)CCC(C)(C)CC1. The molecule has 0 aliphatic heterocycles. The maximum atomic E-state index is 6.07. The molecule has 2 rings (SSSR count). The molecule has 0 aromatic heterocycles. The predicted molar refractivity (Wildman–Crippen MR) is 76.8 cm³/mol. The first-order valence-electron chi connectivity index (χ1n) is 7.81. The molecule has 0 amide bonds. The molecule has 2 fully saturated rings. The number of nitrogens with one attached hydrogen (secondary N) is 1. The normalized spacial score (nSPS) is 28.0. The monoisotopic (exact) mass is 253 g/mol. The van der Waals surface area contributed by atoms with Gasteiger partial charge in [-0.1, -0.05) is 20.8 Å². The van der Waals surface area contributed by atoms with E-state index in [9.17, 15) is 0 Å². The molecule has 18 heavy (non-hydrogen) atoms. The van der Waals surface area contributed by atoms with E-state index in [0.29, 0.717) is 11.5 Å². The van der Waals surface area contributed by atoms with Crippen LogP contribution in [0.15, 0.2) is 0 Å².